The summed E-state index contributed by atoms with van der Waals surface area (Å²) in [6.45, 7) is 2.15. The molecule has 2 N–H and O–H groups in total. The highest BCUT2D eigenvalue weighted by Gasteiger charge is 2.27. The van der Waals surface area contributed by atoms with Gasteiger partial charge < -0.3 is 10.5 Å². The fourth-order valence-corrected chi connectivity index (χ4v) is 2.65. The number of carbonyl (C=O) groups is 1. The predicted molar refractivity (Wildman–Crippen MR) is 75.6 cm³/mol. The predicted octanol–water partition coefficient (Wildman–Crippen LogP) is 2.68. The molecule has 1 fully saturated rings. The van der Waals surface area contributed by atoms with Crippen molar-refractivity contribution in [1.29, 1.82) is 0 Å². The van der Waals surface area contributed by atoms with Gasteiger partial charge in [0.15, 0.2) is 0 Å². The van der Waals surface area contributed by atoms with Gasteiger partial charge >= 0.3 is 5.97 Å². The molecule has 0 bridgehead atoms. The summed E-state index contributed by atoms with van der Waals surface area (Å²) in [5.74, 6) is 0.198. The lowest BCUT2D eigenvalue weighted by atomic mass is 9.88. The third-order valence-electron chi connectivity index (χ3n) is 3.90. The number of benzene rings is 1. The summed E-state index contributed by atoms with van der Waals surface area (Å²) < 4.78 is 5.57. The molecule has 19 heavy (non-hydrogen) atoms. The average Bonchev–Trinajstić information content (AvgIpc) is 2.42. The van der Waals surface area contributed by atoms with Crippen LogP contribution in [0, 0.1) is 5.92 Å². The Bertz CT molecular complexity index is 404. The Morgan fingerprint density at radius 1 is 1.32 bits per heavy atom. The standard InChI is InChI=1S/C16H23NO2/c1-12-7-5-6-10-15(12)19-16(18)14(17)11-13-8-3-2-4-9-13/h2-4,8-9,12,14-15H,5-7,10-11,17H2,1H3/t12?,14-,15?/m0/s1. The number of hydrogen-bond acceptors (Lipinski definition) is 3. The summed E-state index contributed by atoms with van der Waals surface area (Å²) in [4.78, 5) is 12.0. The van der Waals surface area contributed by atoms with Crippen molar-refractivity contribution in [3.63, 3.8) is 0 Å². The SMILES string of the molecule is CC1CCCCC1OC(=O)[C@@H](N)Cc1ccccc1. The highest BCUT2D eigenvalue weighted by atomic mass is 16.5. The summed E-state index contributed by atoms with van der Waals surface area (Å²) in [5, 5.41) is 0. The van der Waals surface area contributed by atoms with E-state index in [9.17, 15) is 4.79 Å². The maximum Gasteiger partial charge on any atom is 0.323 e. The first-order valence-corrected chi connectivity index (χ1v) is 7.17. The molecule has 0 amide bonds. The van der Waals surface area contributed by atoms with Crippen molar-refractivity contribution >= 4 is 5.97 Å². The minimum Gasteiger partial charge on any atom is -0.461 e. The van der Waals surface area contributed by atoms with Crippen LogP contribution in [0.25, 0.3) is 0 Å². The van der Waals surface area contributed by atoms with Gasteiger partial charge in [-0.05, 0) is 37.2 Å². The smallest absolute Gasteiger partial charge is 0.323 e. The number of nitrogens with two attached hydrogens (primary N) is 1. The van der Waals surface area contributed by atoms with Gasteiger partial charge in [0.1, 0.15) is 12.1 Å². The summed E-state index contributed by atoms with van der Waals surface area (Å²) in [7, 11) is 0. The summed E-state index contributed by atoms with van der Waals surface area (Å²) >= 11 is 0. The van der Waals surface area contributed by atoms with Crippen LogP contribution in [-0.4, -0.2) is 18.1 Å². The molecule has 1 aliphatic carbocycles. The molecule has 3 heteroatoms. The van der Waals surface area contributed by atoms with Gasteiger partial charge in [-0.25, -0.2) is 0 Å². The second-order valence-corrected chi connectivity index (χ2v) is 5.53. The van der Waals surface area contributed by atoms with E-state index in [0.717, 1.165) is 24.8 Å². The number of carbonyl (C=O) groups excluding carboxylic acids is 1. The monoisotopic (exact) mass is 261 g/mol. The van der Waals surface area contributed by atoms with Gasteiger partial charge in [-0.3, -0.25) is 4.79 Å². The van der Waals surface area contributed by atoms with Crippen LogP contribution in [0.2, 0.25) is 0 Å². The van der Waals surface area contributed by atoms with Gasteiger partial charge in [0, 0.05) is 0 Å². The summed E-state index contributed by atoms with van der Waals surface area (Å²) in [6, 6.07) is 9.27. The summed E-state index contributed by atoms with van der Waals surface area (Å²) in [6.07, 6.45) is 5.11. The third-order valence-corrected chi connectivity index (χ3v) is 3.90. The van der Waals surface area contributed by atoms with Gasteiger partial charge in [-0.15, -0.1) is 0 Å². The van der Waals surface area contributed by atoms with Crippen molar-refractivity contribution in [2.45, 2.75) is 51.2 Å². The molecule has 1 aromatic carbocycles. The molecule has 3 atom stereocenters. The van der Waals surface area contributed by atoms with E-state index in [0.29, 0.717) is 12.3 Å². The van der Waals surface area contributed by atoms with Crippen LogP contribution in [0.1, 0.15) is 38.2 Å². The molecule has 1 saturated carbocycles. The van der Waals surface area contributed by atoms with Crippen LogP contribution >= 0.6 is 0 Å². The number of esters is 1. The molecule has 0 spiro atoms. The van der Waals surface area contributed by atoms with Crippen LogP contribution in [0.3, 0.4) is 0 Å². The first kappa shape index (κ1) is 14.1. The van der Waals surface area contributed by atoms with E-state index >= 15 is 0 Å². The van der Waals surface area contributed by atoms with E-state index in [1.807, 2.05) is 30.3 Å². The van der Waals surface area contributed by atoms with Gasteiger partial charge in [-0.1, -0.05) is 43.7 Å². The zero-order valence-electron chi connectivity index (χ0n) is 11.5. The Balaban J connectivity index is 1.85. The Morgan fingerprint density at radius 3 is 2.68 bits per heavy atom. The Kier molecular flexibility index (Phi) is 4.97. The molecule has 0 heterocycles. The maximum absolute atomic E-state index is 12.0. The molecule has 0 aliphatic heterocycles. The largest absolute Gasteiger partial charge is 0.461 e. The lowest BCUT2D eigenvalue weighted by molar-refractivity contribution is -0.154. The first-order chi connectivity index (χ1) is 9.16. The van der Waals surface area contributed by atoms with Crippen molar-refractivity contribution in [2.24, 2.45) is 11.7 Å². The van der Waals surface area contributed by atoms with Gasteiger partial charge in [0.05, 0.1) is 0 Å². The molecule has 1 aliphatic rings. The quantitative estimate of drug-likeness (QED) is 0.848. The maximum atomic E-state index is 12.0. The van der Waals surface area contributed by atoms with Crippen LogP contribution in [0.4, 0.5) is 0 Å². The molecule has 0 radical (unpaired) electrons. The molecule has 2 rings (SSSR count). The average molecular weight is 261 g/mol. The Labute approximate surface area is 115 Å². The highest BCUT2D eigenvalue weighted by Crippen LogP contribution is 2.26. The fraction of sp³-hybridized carbons (Fsp3) is 0.562. The van der Waals surface area contributed by atoms with Crippen molar-refractivity contribution in [3.8, 4) is 0 Å². The fourth-order valence-electron chi connectivity index (χ4n) is 2.65. The first-order valence-electron chi connectivity index (χ1n) is 7.17. The lowest BCUT2D eigenvalue weighted by Crippen LogP contribution is -2.39. The zero-order valence-corrected chi connectivity index (χ0v) is 11.5. The van der Waals surface area contributed by atoms with Crippen LogP contribution in [0.5, 0.6) is 0 Å². The molecule has 1 aromatic rings. The van der Waals surface area contributed by atoms with E-state index < -0.39 is 6.04 Å². The van der Waals surface area contributed by atoms with E-state index in [1.165, 1.54) is 6.42 Å². The van der Waals surface area contributed by atoms with Crippen LogP contribution < -0.4 is 5.73 Å². The van der Waals surface area contributed by atoms with Crippen LogP contribution in [-0.2, 0) is 16.0 Å². The minimum absolute atomic E-state index is 0.0584. The molecular weight excluding hydrogens is 238 g/mol. The Hall–Kier alpha value is -1.35. The van der Waals surface area contributed by atoms with E-state index in [-0.39, 0.29) is 12.1 Å². The number of ether oxygens (including phenoxy) is 1. The molecule has 0 aromatic heterocycles. The van der Waals surface area contributed by atoms with Crippen molar-refractivity contribution in [3.05, 3.63) is 35.9 Å². The molecule has 0 saturated heterocycles. The highest BCUT2D eigenvalue weighted by molar-refractivity contribution is 5.76. The lowest BCUT2D eigenvalue weighted by Gasteiger charge is -2.29. The van der Waals surface area contributed by atoms with E-state index in [4.69, 9.17) is 10.5 Å². The molecule has 2 unspecified atom stereocenters. The Morgan fingerprint density at radius 2 is 2.00 bits per heavy atom. The van der Waals surface area contributed by atoms with Crippen molar-refractivity contribution in [1.82, 2.24) is 0 Å². The van der Waals surface area contributed by atoms with Crippen molar-refractivity contribution < 1.29 is 9.53 Å². The number of hydrogen-bond donors (Lipinski definition) is 1. The second-order valence-electron chi connectivity index (χ2n) is 5.53. The third kappa shape index (κ3) is 4.06. The van der Waals surface area contributed by atoms with E-state index in [2.05, 4.69) is 6.92 Å². The van der Waals surface area contributed by atoms with Gasteiger partial charge in [-0.2, -0.15) is 0 Å². The normalized spacial score (nSPS) is 24.7. The minimum atomic E-state index is -0.559. The molecule has 3 nitrogen and oxygen atoms in total. The molecular formula is C16H23NO2. The van der Waals surface area contributed by atoms with Gasteiger partial charge in [0.2, 0.25) is 0 Å². The summed E-state index contributed by atoms with van der Waals surface area (Å²) in [5.41, 5.74) is 7.01. The number of rotatable bonds is 4. The van der Waals surface area contributed by atoms with E-state index in [1.54, 1.807) is 0 Å². The zero-order chi connectivity index (χ0) is 13.7. The molecule has 104 valence electrons. The second kappa shape index (κ2) is 6.71. The van der Waals surface area contributed by atoms with Gasteiger partial charge in [0.25, 0.3) is 0 Å². The topological polar surface area (TPSA) is 52.3 Å². The van der Waals surface area contributed by atoms with Crippen LogP contribution in [0.15, 0.2) is 30.3 Å². The van der Waals surface area contributed by atoms with Crippen molar-refractivity contribution in [2.75, 3.05) is 0 Å².